The number of rotatable bonds is 1. The van der Waals surface area contributed by atoms with Gasteiger partial charge in [-0.2, -0.15) is 0 Å². The first-order valence-corrected chi connectivity index (χ1v) is 6.52. The van der Waals surface area contributed by atoms with Gasteiger partial charge in [-0.3, -0.25) is 20.0 Å². The molecular formula is C14H34N6. The molecule has 0 unspecified atom stereocenters. The van der Waals surface area contributed by atoms with Gasteiger partial charge in [0, 0.05) is 55.0 Å². The van der Waals surface area contributed by atoms with E-state index in [0.717, 1.165) is 17.4 Å². The number of amidine groups is 2. The predicted molar refractivity (Wildman–Crippen MR) is 93.3 cm³/mol. The molecule has 6 nitrogen and oxygen atoms in total. The number of aliphatic imine (C=N–C) groups is 3. The maximum absolute atomic E-state index is 3.94. The Labute approximate surface area is 125 Å². The highest BCUT2D eigenvalue weighted by atomic mass is 15.5. The van der Waals surface area contributed by atoms with Crippen LogP contribution < -0.4 is 5.43 Å². The number of hydrazine groups is 1. The van der Waals surface area contributed by atoms with E-state index in [1.165, 1.54) is 0 Å². The van der Waals surface area contributed by atoms with E-state index in [-0.39, 0.29) is 0 Å². The topological polar surface area (TPSA) is 55.6 Å². The average Bonchev–Trinajstić information content (AvgIpc) is 2.45. The van der Waals surface area contributed by atoms with E-state index in [2.05, 4.69) is 20.4 Å². The molecule has 0 aliphatic carbocycles. The fraction of sp³-hybridized carbons (Fsp3) is 0.786. The van der Waals surface area contributed by atoms with Gasteiger partial charge in [0.1, 0.15) is 5.84 Å². The Morgan fingerprint density at radius 2 is 1.10 bits per heavy atom. The Morgan fingerprint density at radius 3 is 1.15 bits per heavy atom. The first kappa shape index (κ1) is 23.6. The summed E-state index contributed by atoms with van der Waals surface area (Å²) >= 11 is 0. The molecule has 0 bridgehead atoms. The van der Waals surface area contributed by atoms with Crippen molar-refractivity contribution < 1.29 is 0 Å². The minimum absolute atomic E-state index is 0.979. The molecular weight excluding hydrogens is 252 g/mol. The molecule has 0 spiro atoms. The quantitative estimate of drug-likeness (QED) is 0.454. The van der Waals surface area contributed by atoms with Crippen LogP contribution in [0.15, 0.2) is 15.0 Å². The molecule has 0 saturated heterocycles. The van der Waals surface area contributed by atoms with E-state index >= 15 is 0 Å². The summed E-state index contributed by atoms with van der Waals surface area (Å²) in [5.74, 6) is 2.03. The summed E-state index contributed by atoms with van der Waals surface area (Å²) in [4.78, 5) is 13.6. The Bertz CT molecular complexity index is 301. The monoisotopic (exact) mass is 286 g/mol. The highest BCUT2D eigenvalue weighted by Crippen LogP contribution is 1.77. The first-order valence-electron chi connectivity index (χ1n) is 6.52. The molecule has 0 atom stereocenters. The summed E-state index contributed by atoms with van der Waals surface area (Å²) in [6, 6.07) is 0. The van der Waals surface area contributed by atoms with Gasteiger partial charge in [-0.05, 0) is 27.7 Å². The van der Waals surface area contributed by atoms with Gasteiger partial charge in [-0.1, -0.05) is 0 Å². The maximum atomic E-state index is 3.94. The number of hydrogen-bond donors (Lipinski definition) is 1. The van der Waals surface area contributed by atoms with Crippen LogP contribution >= 0.6 is 0 Å². The zero-order chi connectivity index (χ0) is 16.7. The Kier molecular flexibility index (Phi) is 18.5. The van der Waals surface area contributed by atoms with Gasteiger partial charge in [0.15, 0.2) is 0 Å². The molecule has 6 heteroatoms. The second-order valence-electron chi connectivity index (χ2n) is 4.39. The fourth-order valence-electron chi connectivity index (χ4n) is 0.512. The van der Waals surface area contributed by atoms with Gasteiger partial charge in [-0.25, -0.2) is 5.43 Å². The van der Waals surface area contributed by atoms with Crippen LogP contribution in [0.3, 0.4) is 0 Å². The molecule has 20 heavy (non-hydrogen) atoms. The van der Waals surface area contributed by atoms with Crippen LogP contribution in [0.2, 0.25) is 0 Å². The van der Waals surface area contributed by atoms with E-state index in [0.29, 0.717) is 0 Å². The summed E-state index contributed by atoms with van der Waals surface area (Å²) in [6.45, 7) is 7.86. The molecule has 0 aliphatic rings. The molecule has 0 aliphatic heterocycles. The average molecular weight is 286 g/mol. The number of hydrogen-bond acceptors (Lipinski definition) is 4. The zero-order valence-corrected chi connectivity index (χ0v) is 15.2. The lowest BCUT2D eigenvalue weighted by atomic mass is 10.5. The molecule has 0 saturated carbocycles. The highest BCUT2D eigenvalue weighted by molar-refractivity contribution is 5.79. The number of nitrogens with one attached hydrogen (secondary N) is 1. The normalized spacial score (nSPS) is 10.6. The van der Waals surface area contributed by atoms with Crippen LogP contribution in [0, 0.1) is 0 Å². The van der Waals surface area contributed by atoms with Gasteiger partial charge in [0.25, 0.3) is 0 Å². The molecule has 0 aromatic rings. The summed E-state index contributed by atoms with van der Waals surface area (Å²) in [5, 5.41) is 1.85. The molecule has 0 aromatic heterocycles. The molecule has 1 N–H and O–H groups in total. The summed E-state index contributed by atoms with van der Waals surface area (Å²) in [6.07, 6.45) is 0. The van der Waals surface area contributed by atoms with Crippen LogP contribution in [-0.4, -0.2) is 76.6 Å². The van der Waals surface area contributed by atoms with E-state index in [9.17, 15) is 0 Å². The van der Waals surface area contributed by atoms with Crippen molar-refractivity contribution in [3.05, 3.63) is 0 Å². The van der Waals surface area contributed by atoms with Crippen molar-refractivity contribution in [2.45, 2.75) is 27.7 Å². The van der Waals surface area contributed by atoms with Gasteiger partial charge >= 0.3 is 0 Å². The summed E-state index contributed by atoms with van der Waals surface area (Å²) < 4.78 is 0. The highest BCUT2D eigenvalue weighted by Gasteiger charge is 1.90. The SMILES string of the molecule is CN=C(C)C.CN=C(C)N(C)C.CN=C(C)N(C)NC. The molecule has 120 valence electrons. The van der Waals surface area contributed by atoms with Crippen molar-refractivity contribution in [1.82, 2.24) is 15.3 Å². The smallest absolute Gasteiger partial charge is 0.109 e. The van der Waals surface area contributed by atoms with Crippen molar-refractivity contribution in [2.75, 3.05) is 49.3 Å². The minimum Gasteiger partial charge on any atom is -0.367 e. The van der Waals surface area contributed by atoms with Gasteiger partial charge in [0.05, 0.1) is 5.84 Å². The molecule has 0 rings (SSSR count). The van der Waals surface area contributed by atoms with Crippen molar-refractivity contribution in [1.29, 1.82) is 0 Å². The lowest BCUT2D eigenvalue weighted by molar-refractivity contribution is 0.406. The first-order chi connectivity index (χ1) is 9.17. The summed E-state index contributed by atoms with van der Waals surface area (Å²) in [7, 11) is 13.1. The van der Waals surface area contributed by atoms with E-state index < -0.39 is 0 Å². The van der Waals surface area contributed by atoms with Crippen LogP contribution in [0.5, 0.6) is 0 Å². The van der Waals surface area contributed by atoms with Crippen LogP contribution in [0.1, 0.15) is 27.7 Å². The second-order valence-corrected chi connectivity index (χ2v) is 4.39. The zero-order valence-electron chi connectivity index (χ0n) is 15.2. The molecule has 0 aromatic carbocycles. The minimum atomic E-state index is 0.979. The second kappa shape index (κ2) is 15.6. The van der Waals surface area contributed by atoms with Crippen LogP contribution in [0.25, 0.3) is 0 Å². The largest absolute Gasteiger partial charge is 0.367 e. The lowest BCUT2D eigenvalue weighted by Gasteiger charge is -2.15. The third-order valence-electron chi connectivity index (χ3n) is 2.56. The number of nitrogens with zero attached hydrogens (tertiary/aromatic N) is 5. The van der Waals surface area contributed by atoms with Gasteiger partial charge < -0.3 is 4.90 Å². The maximum Gasteiger partial charge on any atom is 0.109 e. The van der Waals surface area contributed by atoms with Crippen LogP contribution in [0.4, 0.5) is 0 Å². The molecule has 0 amide bonds. The van der Waals surface area contributed by atoms with E-state index in [1.54, 1.807) is 21.1 Å². The van der Waals surface area contributed by atoms with Crippen molar-refractivity contribution in [3.63, 3.8) is 0 Å². The van der Waals surface area contributed by atoms with Gasteiger partial charge in [0.2, 0.25) is 0 Å². The molecule has 0 heterocycles. The third-order valence-corrected chi connectivity index (χ3v) is 2.56. The van der Waals surface area contributed by atoms with E-state index in [1.807, 2.05) is 65.8 Å². The van der Waals surface area contributed by atoms with Crippen molar-refractivity contribution >= 4 is 17.4 Å². The fourth-order valence-corrected chi connectivity index (χ4v) is 0.512. The standard InChI is InChI=1S/C5H13N3.C5H12N2.C4H9N/c1-5(6-2)8(4)7-3;1-5(6-2)7(3)4;1-4(2)5-3/h7H,1-4H3;1-4H3;1-3H3. The third kappa shape index (κ3) is 18.9. The Balaban J connectivity index is -0.000000223. The van der Waals surface area contributed by atoms with Gasteiger partial charge in [-0.15, -0.1) is 0 Å². The predicted octanol–water partition coefficient (Wildman–Crippen LogP) is 1.79. The molecule has 0 fully saturated rings. The Morgan fingerprint density at radius 1 is 0.750 bits per heavy atom. The van der Waals surface area contributed by atoms with Crippen molar-refractivity contribution in [2.24, 2.45) is 15.0 Å². The van der Waals surface area contributed by atoms with E-state index in [4.69, 9.17) is 0 Å². The van der Waals surface area contributed by atoms with Crippen LogP contribution in [-0.2, 0) is 0 Å². The summed E-state index contributed by atoms with van der Waals surface area (Å²) in [5.41, 5.74) is 4.05. The molecule has 0 radical (unpaired) electrons. The lowest BCUT2D eigenvalue weighted by Crippen LogP contribution is -2.34. The van der Waals surface area contributed by atoms with Crippen molar-refractivity contribution in [3.8, 4) is 0 Å². The Hall–Kier alpha value is -1.43.